The second-order valence-electron chi connectivity index (χ2n) is 4.08. The molecular formula is C12H15FN4. The standard InChI is InChI=1S/C12H15FN4/c1-7(14)12-10(13)5-4-6-11(12)17-9(3)15-8(2)16-17/h4-7H,14H2,1-3H3. The predicted octanol–water partition coefficient (Wildman–Crippen LogP) is 2.04. The van der Waals surface area contributed by atoms with Crippen molar-refractivity contribution >= 4 is 0 Å². The van der Waals surface area contributed by atoms with Crippen molar-refractivity contribution in [3.63, 3.8) is 0 Å². The summed E-state index contributed by atoms with van der Waals surface area (Å²) in [5, 5.41) is 4.25. The third-order valence-electron chi connectivity index (χ3n) is 2.59. The Hall–Kier alpha value is -1.75. The first-order valence-corrected chi connectivity index (χ1v) is 5.45. The molecule has 5 heteroatoms. The second-order valence-corrected chi connectivity index (χ2v) is 4.08. The summed E-state index contributed by atoms with van der Waals surface area (Å²) in [6.45, 7) is 5.38. The molecule has 1 heterocycles. The first-order valence-electron chi connectivity index (χ1n) is 5.45. The normalized spacial score (nSPS) is 12.8. The Bertz CT molecular complexity index is 545. The number of rotatable bonds is 2. The quantitative estimate of drug-likeness (QED) is 0.865. The minimum atomic E-state index is -0.393. The summed E-state index contributed by atoms with van der Waals surface area (Å²) >= 11 is 0. The van der Waals surface area contributed by atoms with Crippen LogP contribution in [0, 0.1) is 19.7 Å². The van der Waals surface area contributed by atoms with Gasteiger partial charge in [0.1, 0.15) is 17.5 Å². The summed E-state index contributed by atoms with van der Waals surface area (Å²) in [5.41, 5.74) is 6.92. The van der Waals surface area contributed by atoms with Crippen molar-refractivity contribution in [2.75, 3.05) is 0 Å². The monoisotopic (exact) mass is 234 g/mol. The molecule has 1 unspecified atom stereocenters. The fourth-order valence-electron chi connectivity index (χ4n) is 1.91. The van der Waals surface area contributed by atoms with Crippen molar-refractivity contribution in [3.05, 3.63) is 41.2 Å². The number of halogens is 1. The number of benzene rings is 1. The molecule has 0 fully saturated rings. The van der Waals surface area contributed by atoms with Gasteiger partial charge < -0.3 is 5.73 Å². The van der Waals surface area contributed by atoms with Crippen molar-refractivity contribution in [2.45, 2.75) is 26.8 Å². The summed E-state index contributed by atoms with van der Waals surface area (Å²) < 4.78 is 15.4. The van der Waals surface area contributed by atoms with Gasteiger partial charge in [-0.2, -0.15) is 5.10 Å². The van der Waals surface area contributed by atoms with Crippen molar-refractivity contribution < 1.29 is 4.39 Å². The number of hydrogen-bond donors (Lipinski definition) is 1. The van der Waals surface area contributed by atoms with E-state index < -0.39 is 6.04 Å². The van der Waals surface area contributed by atoms with Crippen LogP contribution in [-0.2, 0) is 0 Å². The first kappa shape index (κ1) is 11.7. The lowest BCUT2D eigenvalue weighted by atomic mass is 10.1. The highest BCUT2D eigenvalue weighted by Gasteiger charge is 2.16. The van der Waals surface area contributed by atoms with Gasteiger partial charge in [-0.1, -0.05) is 6.07 Å². The van der Waals surface area contributed by atoms with Gasteiger partial charge in [-0.05, 0) is 32.9 Å². The maximum Gasteiger partial charge on any atom is 0.148 e. The van der Waals surface area contributed by atoms with Gasteiger partial charge >= 0.3 is 0 Å². The number of hydrogen-bond acceptors (Lipinski definition) is 3. The first-order chi connectivity index (χ1) is 8.00. The highest BCUT2D eigenvalue weighted by Crippen LogP contribution is 2.23. The van der Waals surface area contributed by atoms with Crippen LogP contribution in [0.3, 0.4) is 0 Å². The van der Waals surface area contributed by atoms with Gasteiger partial charge in [0.25, 0.3) is 0 Å². The lowest BCUT2D eigenvalue weighted by Crippen LogP contribution is -2.13. The van der Waals surface area contributed by atoms with E-state index in [2.05, 4.69) is 10.1 Å². The topological polar surface area (TPSA) is 56.7 Å². The molecule has 0 saturated carbocycles. The maximum absolute atomic E-state index is 13.8. The van der Waals surface area contributed by atoms with Crippen LogP contribution in [0.2, 0.25) is 0 Å². The molecule has 0 spiro atoms. The fourth-order valence-corrected chi connectivity index (χ4v) is 1.91. The molecule has 0 radical (unpaired) electrons. The summed E-state index contributed by atoms with van der Waals surface area (Å²) in [5.74, 6) is 1.06. The van der Waals surface area contributed by atoms with E-state index in [9.17, 15) is 4.39 Å². The molecule has 0 bridgehead atoms. The summed E-state index contributed by atoms with van der Waals surface area (Å²) in [7, 11) is 0. The average molecular weight is 234 g/mol. The summed E-state index contributed by atoms with van der Waals surface area (Å²) in [6, 6.07) is 4.45. The van der Waals surface area contributed by atoms with Crippen LogP contribution in [0.4, 0.5) is 4.39 Å². The fraction of sp³-hybridized carbons (Fsp3) is 0.333. The number of nitrogens with zero attached hydrogens (tertiary/aromatic N) is 3. The Morgan fingerprint density at radius 1 is 1.35 bits per heavy atom. The van der Waals surface area contributed by atoms with Gasteiger partial charge in [-0.25, -0.2) is 14.1 Å². The molecule has 17 heavy (non-hydrogen) atoms. The van der Waals surface area contributed by atoms with E-state index in [0.717, 1.165) is 5.82 Å². The van der Waals surface area contributed by atoms with Crippen molar-refractivity contribution in [2.24, 2.45) is 5.73 Å². The third kappa shape index (κ3) is 2.06. The molecule has 90 valence electrons. The Balaban J connectivity index is 2.67. The van der Waals surface area contributed by atoms with Gasteiger partial charge in [-0.3, -0.25) is 0 Å². The van der Waals surface area contributed by atoms with E-state index in [1.165, 1.54) is 6.07 Å². The lowest BCUT2D eigenvalue weighted by molar-refractivity contribution is 0.588. The summed E-state index contributed by atoms with van der Waals surface area (Å²) in [6.07, 6.45) is 0. The molecule has 0 aliphatic heterocycles. The van der Waals surface area contributed by atoms with Gasteiger partial charge in [-0.15, -0.1) is 0 Å². The zero-order valence-electron chi connectivity index (χ0n) is 10.1. The summed E-state index contributed by atoms with van der Waals surface area (Å²) in [4.78, 5) is 4.21. The third-order valence-corrected chi connectivity index (χ3v) is 2.59. The van der Waals surface area contributed by atoms with Crippen LogP contribution in [0.1, 0.15) is 30.2 Å². The molecule has 4 nitrogen and oxygen atoms in total. The zero-order chi connectivity index (χ0) is 12.6. The highest BCUT2D eigenvalue weighted by molar-refractivity contribution is 5.43. The molecular weight excluding hydrogens is 219 g/mol. The maximum atomic E-state index is 13.8. The van der Waals surface area contributed by atoms with E-state index >= 15 is 0 Å². The number of aromatic nitrogens is 3. The van der Waals surface area contributed by atoms with Crippen molar-refractivity contribution in [3.8, 4) is 5.69 Å². The van der Waals surface area contributed by atoms with Gasteiger partial charge in [0.05, 0.1) is 5.69 Å². The molecule has 2 N–H and O–H groups in total. The molecule has 1 atom stereocenters. The SMILES string of the molecule is Cc1nc(C)n(-c2cccc(F)c2C(C)N)n1. The number of aryl methyl sites for hydroxylation is 2. The molecule has 0 aliphatic rings. The Morgan fingerprint density at radius 2 is 2.06 bits per heavy atom. The zero-order valence-corrected chi connectivity index (χ0v) is 10.1. The van der Waals surface area contributed by atoms with Crippen molar-refractivity contribution in [1.29, 1.82) is 0 Å². The van der Waals surface area contributed by atoms with Crippen LogP contribution in [0.5, 0.6) is 0 Å². The minimum Gasteiger partial charge on any atom is -0.324 e. The molecule has 2 rings (SSSR count). The molecule has 0 amide bonds. The Morgan fingerprint density at radius 3 is 2.59 bits per heavy atom. The molecule has 0 aliphatic carbocycles. The minimum absolute atomic E-state index is 0.315. The largest absolute Gasteiger partial charge is 0.324 e. The van der Waals surface area contributed by atoms with E-state index in [1.54, 1.807) is 30.7 Å². The second kappa shape index (κ2) is 4.25. The lowest BCUT2D eigenvalue weighted by Gasteiger charge is -2.14. The van der Waals surface area contributed by atoms with Crippen LogP contribution in [-0.4, -0.2) is 14.8 Å². The molecule has 1 aromatic heterocycles. The highest BCUT2D eigenvalue weighted by atomic mass is 19.1. The van der Waals surface area contributed by atoms with Gasteiger partial charge in [0, 0.05) is 11.6 Å². The smallest absolute Gasteiger partial charge is 0.148 e. The van der Waals surface area contributed by atoms with E-state index in [4.69, 9.17) is 5.73 Å². The Labute approximate surface area is 99.3 Å². The number of nitrogens with two attached hydrogens (primary N) is 1. The van der Waals surface area contributed by atoms with Crippen LogP contribution < -0.4 is 5.73 Å². The Kier molecular flexibility index (Phi) is 2.93. The van der Waals surface area contributed by atoms with E-state index in [1.807, 2.05) is 6.92 Å². The van der Waals surface area contributed by atoms with Gasteiger partial charge in [0.2, 0.25) is 0 Å². The van der Waals surface area contributed by atoms with Gasteiger partial charge in [0.15, 0.2) is 0 Å². The average Bonchev–Trinajstić information content (AvgIpc) is 2.56. The molecule has 2 aromatic rings. The van der Waals surface area contributed by atoms with Crippen LogP contribution in [0.15, 0.2) is 18.2 Å². The van der Waals surface area contributed by atoms with Crippen LogP contribution >= 0.6 is 0 Å². The van der Waals surface area contributed by atoms with Crippen molar-refractivity contribution in [1.82, 2.24) is 14.8 Å². The predicted molar refractivity (Wildman–Crippen MR) is 63.4 cm³/mol. The molecule has 0 saturated heterocycles. The molecule has 1 aromatic carbocycles. The van der Waals surface area contributed by atoms with Crippen LogP contribution in [0.25, 0.3) is 5.69 Å². The van der Waals surface area contributed by atoms with E-state index in [0.29, 0.717) is 17.1 Å². The van der Waals surface area contributed by atoms with E-state index in [-0.39, 0.29) is 5.82 Å².